The second-order valence-corrected chi connectivity index (χ2v) is 4.21. The summed E-state index contributed by atoms with van der Waals surface area (Å²) >= 11 is 0. The molecule has 0 saturated heterocycles. The van der Waals surface area contributed by atoms with E-state index in [-0.39, 0.29) is 11.5 Å². The maximum absolute atomic E-state index is 13.0. The van der Waals surface area contributed by atoms with Crippen LogP contribution in [0.1, 0.15) is 37.5 Å². The smallest absolute Gasteiger partial charge is 0.146 e. The number of nitrogen functional groups attached to an aromatic ring is 1. The number of nitrogens with two attached hydrogens (primary N) is 1. The second kappa shape index (κ2) is 7.57. The van der Waals surface area contributed by atoms with Gasteiger partial charge in [0.25, 0.3) is 0 Å². The summed E-state index contributed by atoms with van der Waals surface area (Å²) in [5, 5.41) is 0. The first-order chi connectivity index (χ1) is 9.19. The lowest BCUT2D eigenvalue weighted by Gasteiger charge is -2.05. The largest absolute Gasteiger partial charge is 0.396 e. The van der Waals surface area contributed by atoms with Crippen LogP contribution < -0.4 is 5.73 Å². The Kier molecular flexibility index (Phi) is 6.07. The van der Waals surface area contributed by atoms with E-state index in [4.69, 9.17) is 5.73 Å². The highest BCUT2D eigenvalue weighted by Crippen LogP contribution is 2.16. The van der Waals surface area contributed by atoms with Crippen LogP contribution >= 0.6 is 0 Å². The van der Waals surface area contributed by atoms with Gasteiger partial charge in [0.05, 0.1) is 5.69 Å². The van der Waals surface area contributed by atoms with Gasteiger partial charge in [0, 0.05) is 0 Å². The van der Waals surface area contributed by atoms with Crippen molar-refractivity contribution in [3.8, 4) is 0 Å². The Morgan fingerprint density at radius 2 is 1.58 bits per heavy atom. The fourth-order valence-electron chi connectivity index (χ4n) is 1.90. The summed E-state index contributed by atoms with van der Waals surface area (Å²) in [4.78, 5) is 0. The van der Waals surface area contributed by atoms with Crippen LogP contribution in [0.2, 0.25) is 0 Å². The maximum Gasteiger partial charge on any atom is 0.146 e. The van der Waals surface area contributed by atoms with E-state index in [1.807, 2.05) is 13.8 Å². The quantitative estimate of drug-likeness (QED) is 0.802. The van der Waals surface area contributed by atoms with E-state index in [2.05, 4.69) is 31.2 Å². The maximum atomic E-state index is 13.0. The van der Waals surface area contributed by atoms with Crippen LogP contribution in [-0.2, 0) is 12.8 Å². The monoisotopic (exact) mass is 259 g/mol. The summed E-state index contributed by atoms with van der Waals surface area (Å²) in [7, 11) is 0. The molecule has 0 aliphatic heterocycles. The Morgan fingerprint density at radius 3 is 2.21 bits per heavy atom. The molecule has 0 unspecified atom stereocenters. The third kappa shape index (κ3) is 4.40. The molecule has 0 aliphatic rings. The number of aryl methyl sites for hydroxylation is 1. The van der Waals surface area contributed by atoms with Gasteiger partial charge in [0.2, 0.25) is 0 Å². The molecule has 2 N–H and O–H groups in total. The van der Waals surface area contributed by atoms with Crippen molar-refractivity contribution in [3.05, 3.63) is 65.0 Å². The van der Waals surface area contributed by atoms with E-state index >= 15 is 0 Å². The molecule has 0 amide bonds. The molecule has 2 aromatic rings. The van der Waals surface area contributed by atoms with Gasteiger partial charge in [-0.05, 0) is 41.7 Å². The first kappa shape index (κ1) is 15.2. The average molecular weight is 259 g/mol. The van der Waals surface area contributed by atoms with E-state index in [1.54, 1.807) is 12.1 Å². The number of hydrogen-bond acceptors (Lipinski definition) is 1. The van der Waals surface area contributed by atoms with Crippen LogP contribution in [0.3, 0.4) is 0 Å². The van der Waals surface area contributed by atoms with E-state index in [9.17, 15) is 4.39 Å². The molecule has 1 nitrogen and oxygen atoms in total. The second-order valence-electron chi connectivity index (χ2n) is 4.21. The minimum atomic E-state index is -0.351. The minimum Gasteiger partial charge on any atom is -0.396 e. The highest BCUT2D eigenvalue weighted by molar-refractivity contribution is 5.44. The van der Waals surface area contributed by atoms with Gasteiger partial charge < -0.3 is 5.73 Å². The highest BCUT2D eigenvalue weighted by atomic mass is 19.1. The predicted octanol–water partition coefficient (Wildman–Crippen LogP) is 4.59. The van der Waals surface area contributed by atoms with E-state index < -0.39 is 0 Å². The molecule has 0 heterocycles. The van der Waals surface area contributed by atoms with Crippen LogP contribution in [0.4, 0.5) is 10.1 Å². The summed E-state index contributed by atoms with van der Waals surface area (Å²) in [6, 6.07) is 13.3. The van der Waals surface area contributed by atoms with Gasteiger partial charge in [-0.3, -0.25) is 0 Å². The van der Waals surface area contributed by atoms with Crippen molar-refractivity contribution < 1.29 is 4.39 Å². The number of anilines is 1. The van der Waals surface area contributed by atoms with E-state index in [0.29, 0.717) is 0 Å². The highest BCUT2D eigenvalue weighted by Gasteiger charge is 2.01. The third-order valence-corrected chi connectivity index (χ3v) is 2.87. The number of rotatable bonds is 3. The number of halogens is 1. The van der Waals surface area contributed by atoms with Crippen molar-refractivity contribution >= 4 is 5.69 Å². The molecule has 0 saturated carbocycles. The summed E-state index contributed by atoms with van der Waals surface area (Å²) in [5.74, 6) is -0.351. The third-order valence-electron chi connectivity index (χ3n) is 2.87. The Bertz CT molecular complexity index is 520. The molecule has 2 rings (SSSR count). The molecule has 0 aliphatic carbocycles. The summed E-state index contributed by atoms with van der Waals surface area (Å²) in [6.07, 6.45) is 1.82. The number of benzene rings is 2. The molecule has 19 heavy (non-hydrogen) atoms. The average Bonchev–Trinajstić information content (AvgIpc) is 2.45. The zero-order chi connectivity index (χ0) is 14.3. The molecule has 2 heteroatoms. The van der Waals surface area contributed by atoms with Crippen LogP contribution in [0.15, 0.2) is 42.5 Å². The topological polar surface area (TPSA) is 26.0 Å². The molecule has 0 fully saturated rings. The summed E-state index contributed by atoms with van der Waals surface area (Å²) in [5.41, 5.74) is 9.36. The molecule has 2 aromatic carbocycles. The van der Waals surface area contributed by atoms with Crippen molar-refractivity contribution in [2.75, 3.05) is 5.73 Å². The number of hydrogen-bond donors (Lipinski definition) is 1. The lowest BCUT2D eigenvalue weighted by molar-refractivity contribution is 0.632. The van der Waals surface area contributed by atoms with Crippen molar-refractivity contribution in [2.45, 2.75) is 33.6 Å². The van der Waals surface area contributed by atoms with Crippen molar-refractivity contribution in [3.63, 3.8) is 0 Å². The van der Waals surface area contributed by atoms with E-state index in [1.165, 1.54) is 17.2 Å². The van der Waals surface area contributed by atoms with Crippen molar-refractivity contribution in [1.82, 2.24) is 0 Å². The van der Waals surface area contributed by atoms with Gasteiger partial charge in [-0.1, -0.05) is 51.1 Å². The molecule has 0 aromatic heterocycles. The Labute approximate surface area is 115 Å². The molecule has 0 radical (unpaired) electrons. The Morgan fingerprint density at radius 1 is 0.947 bits per heavy atom. The summed E-state index contributed by atoms with van der Waals surface area (Å²) in [6.45, 7) is 6.13. The van der Waals surface area contributed by atoms with Gasteiger partial charge in [0.15, 0.2) is 0 Å². The normalized spacial score (nSPS) is 9.68. The lowest BCUT2D eigenvalue weighted by Crippen LogP contribution is -1.95. The molecular formula is C17H22FN. The van der Waals surface area contributed by atoms with Crippen LogP contribution in [0.25, 0.3) is 0 Å². The fourth-order valence-corrected chi connectivity index (χ4v) is 1.90. The summed E-state index contributed by atoms with van der Waals surface area (Å²) < 4.78 is 13.0. The SMILES string of the molecule is CC.CCc1cccc(Cc2ccc(F)c(N)c2)c1. The molecular weight excluding hydrogens is 237 g/mol. The van der Waals surface area contributed by atoms with Crippen LogP contribution in [0, 0.1) is 5.82 Å². The van der Waals surface area contributed by atoms with Crippen LogP contribution in [-0.4, -0.2) is 0 Å². The van der Waals surface area contributed by atoms with Gasteiger partial charge in [-0.15, -0.1) is 0 Å². The molecule has 102 valence electrons. The zero-order valence-corrected chi connectivity index (χ0v) is 11.9. The molecule has 0 spiro atoms. The van der Waals surface area contributed by atoms with E-state index in [0.717, 1.165) is 18.4 Å². The van der Waals surface area contributed by atoms with Crippen molar-refractivity contribution in [2.24, 2.45) is 0 Å². The van der Waals surface area contributed by atoms with Gasteiger partial charge in [-0.25, -0.2) is 4.39 Å². The standard InChI is InChI=1S/C15H16FN.C2H6/c1-2-11-4-3-5-12(8-11)9-13-6-7-14(16)15(17)10-13;1-2/h3-8,10H,2,9,17H2,1H3;1-2H3. The first-order valence-electron chi connectivity index (χ1n) is 6.80. The Hall–Kier alpha value is -1.83. The predicted molar refractivity (Wildman–Crippen MR) is 80.8 cm³/mol. The zero-order valence-electron chi connectivity index (χ0n) is 11.9. The van der Waals surface area contributed by atoms with Crippen LogP contribution in [0.5, 0.6) is 0 Å². The molecule has 0 atom stereocenters. The lowest BCUT2D eigenvalue weighted by atomic mass is 10.0. The molecule has 0 bridgehead atoms. The fraction of sp³-hybridized carbons (Fsp3) is 0.294. The van der Waals surface area contributed by atoms with Gasteiger partial charge in [0.1, 0.15) is 5.82 Å². The minimum absolute atomic E-state index is 0.217. The Balaban J connectivity index is 0.000000861. The van der Waals surface area contributed by atoms with Gasteiger partial charge in [-0.2, -0.15) is 0 Å². The van der Waals surface area contributed by atoms with Gasteiger partial charge >= 0.3 is 0 Å². The first-order valence-corrected chi connectivity index (χ1v) is 6.80. The van der Waals surface area contributed by atoms with Crippen molar-refractivity contribution in [1.29, 1.82) is 0 Å².